The van der Waals surface area contributed by atoms with E-state index in [0.29, 0.717) is 18.8 Å². The molecule has 0 fully saturated rings. The number of amides is 1. The van der Waals surface area contributed by atoms with E-state index in [1.54, 1.807) is 23.2 Å². The molecule has 0 spiro atoms. The lowest BCUT2D eigenvalue weighted by Crippen LogP contribution is -2.37. The van der Waals surface area contributed by atoms with E-state index in [0.717, 1.165) is 6.42 Å². The molecule has 0 radical (unpaired) electrons. The van der Waals surface area contributed by atoms with Crippen molar-refractivity contribution in [3.8, 4) is 0 Å². The molecular weight excluding hydrogens is 292 g/mol. The fraction of sp³-hybridized carbons (Fsp3) is 0.222. The molecule has 1 aromatic carbocycles. The summed E-state index contributed by atoms with van der Waals surface area (Å²) >= 11 is 0. The highest BCUT2D eigenvalue weighted by molar-refractivity contribution is 5.89. The van der Waals surface area contributed by atoms with Crippen LogP contribution in [0.25, 0.3) is 5.57 Å². The van der Waals surface area contributed by atoms with Crippen LogP contribution in [0.3, 0.4) is 0 Å². The van der Waals surface area contributed by atoms with Gasteiger partial charge in [-0.05, 0) is 29.7 Å². The van der Waals surface area contributed by atoms with Crippen LogP contribution in [-0.2, 0) is 9.53 Å². The van der Waals surface area contributed by atoms with Gasteiger partial charge >= 0.3 is 5.97 Å². The van der Waals surface area contributed by atoms with Gasteiger partial charge in [-0.3, -0.25) is 4.79 Å². The number of hydrogen-bond donors (Lipinski definition) is 1. The number of ether oxygens (including phenoxy) is 1. The molecule has 2 aromatic rings. The summed E-state index contributed by atoms with van der Waals surface area (Å²) < 4.78 is 5.03. The molecule has 5 nitrogen and oxygen atoms in total. The second-order valence-corrected chi connectivity index (χ2v) is 5.35. The molecule has 3 rings (SSSR count). The Labute approximate surface area is 134 Å². The average molecular weight is 310 g/mol. The number of nitrogens with one attached hydrogen (secondary N) is 1. The summed E-state index contributed by atoms with van der Waals surface area (Å²) in [6.45, 7) is 0.953. The van der Waals surface area contributed by atoms with E-state index in [-0.39, 0.29) is 12.5 Å². The molecule has 0 bridgehead atoms. The molecule has 23 heavy (non-hydrogen) atoms. The lowest BCUT2D eigenvalue weighted by molar-refractivity contribution is -0.134. The van der Waals surface area contributed by atoms with E-state index in [4.69, 9.17) is 4.74 Å². The zero-order valence-corrected chi connectivity index (χ0v) is 12.7. The maximum atomic E-state index is 12.1. The molecule has 0 saturated heterocycles. The predicted molar refractivity (Wildman–Crippen MR) is 86.7 cm³/mol. The van der Waals surface area contributed by atoms with E-state index >= 15 is 0 Å². The molecular formula is C18H18N2O3. The summed E-state index contributed by atoms with van der Waals surface area (Å²) in [6, 6.07) is 13.5. The van der Waals surface area contributed by atoms with Crippen LogP contribution in [0.15, 0.2) is 54.7 Å². The van der Waals surface area contributed by atoms with Crippen LogP contribution in [0.1, 0.15) is 22.5 Å². The molecule has 1 aliphatic rings. The van der Waals surface area contributed by atoms with E-state index in [9.17, 15) is 9.59 Å². The van der Waals surface area contributed by atoms with Crippen molar-refractivity contribution < 1.29 is 14.3 Å². The normalized spacial score (nSPS) is 14.3. The van der Waals surface area contributed by atoms with Gasteiger partial charge in [0, 0.05) is 19.3 Å². The number of aromatic amines is 1. The number of H-pyrrole nitrogens is 1. The van der Waals surface area contributed by atoms with E-state index in [2.05, 4.69) is 23.2 Å². The molecule has 5 heteroatoms. The third-order valence-corrected chi connectivity index (χ3v) is 3.85. The maximum absolute atomic E-state index is 12.1. The summed E-state index contributed by atoms with van der Waals surface area (Å²) in [6.07, 6.45) is 4.50. The minimum absolute atomic E-state index is 0.173. The first-order valence-corrected chi connectivity index (χ1v) is 7.57. The lowest BCUT2D eigenvalue weighted by atomic mass is 10.00. The van der Waals surface area contributed by atoms with Crippen molar-refractivity contribution in [1.82, 2.24) is 9.88 Å². The van der Waals surface area contributed by atoms with Gasteiger partial charge in [-0.2, -0.15) is 0 Å². The summed E-state index contributed by atoms with van der Waals surface area (Å²) in [7, 11) is 0. The molecule has 1 aromatic heterocycles. The highest BCUT2D eigenvalue weighted by Gasteiger charge is 2.19. The van der Waals surface area contributed by atoms with Crippen molar-refractivity contribution in [3.63, 3.8) is 0 Å². The zero-order chi connectivity index (χ0) is 16.1. The smallest absolute Gasteiger partial charge is 0.355 e. The Kier molecular flexibility index (Phi) is 4.57. The topological polar surface area (TPSA) is 62.4 Å². The Bertz CT molecular complexity index is 705. The second kappa shape index (κ2) is 6.96. The molecule has 1 aliphatic heterocycles. The van der Waals surface area contributed by atoms with Gasteiger partial charge in [0.25, 0.3) is 5.91 Å². The van der Waals surface area contributed by atoms with Crippen LogP contribution in [0.5, 0.6) is 0 Å². The van der Waals surface area contributed by atoms with E-state index < -0.39 is 5.97 Å². The standard InChI is InChI=1S/C18H18N2O3/c21-17(13-23-18(22)16-7-4-10-19-16)20-11-8-15(9-12-20)14-5-2-1-3-6-14/h1-8,10,19H,9,11-13H2. The largest absolute Gasteiger partial charge is 0.451 e. The zero-order valence-electron chi connectivity index (χ0n) is 12.7. The Morgan fingerprint density at radius 3 is 2.61 bits per heavy atom. The quantitative estimate of drug-likeness (QED) is 0.883. The maximum Gasteiger partial charge on any atom is 0.355 e. The van der Waals surface area contributed by atoms with Gasteiger partial charge in [0.15, 0.2) is 6.61 Å². The molecule has 2 heterocycles. The predicted octanol–water partition coefficient (Wildman–Crippen LogP) is 2.49. The van der Waals surface area contributed by atoms with Crippen LogP contribution in [0.4, 0.5) is 0 Å². The monoisotopic (exact) mass is 310 g/mol. The fourth-order valence-corrected chi connectivity index (χ4v) is 2.56. The van der Waals surface area contributed by atoms with Crippen LogP contribution in [0.2, 0.25) is 0 Å². The lowest BCUT2D eigenvalue weighted by Gasteiger charge is -2.26. The number of rotatable bonds is 4. The number of hydrogen-bond acceptors (Lipinski definition) is 3. The summed E-state index contributed by atoms with van der Waals surface area (Å²) in [5.74, 6) is -0.686. The van der Waals surface area contributed by atoms with Crippen LogP contribution < -0.4 is 0 Å². The van der Waals surface area contributed by atoms with Crippen LogP contribution in [0, 0.1) is 0 Å². The molecule has 1 N–H and O–H groups in total. The number of benzene rings is 1. The van der Waals surface area contributed by atoms with Crippen LogP contribution >= 0.6 is 0 Å². The fourth-order valence-electron chi connectivity index (χ4n) is 2.56. The number of aromatic nitrogens is 1. The van der Waals surface area contributed by atoms with Crippen molar-refractivity contribution in [3.05, 3.63) is 66.0 Å². The molecule has 0 saturated carbocycles. The Morgan fingerprint density at radius 1 is 1.13 bits per heavy atom. The van der Waals surface area contributed by atoms with Gasteiger partial charge in [-0.15, -0.1) is 0 Å². The first-order chi connectivity index (χ1) is 11.2. The van der Waals surface area contributed by atoms with E-state index in [1.165, 1.54) is 11.1 Å². The second-order valence-electron chi connectivity index (χ2n) is 5.35. The Hall–Kier alpha value is -2.82. The third-order valence-electron chi connectivity index (χ3n) is 3.85. The SMILES string of the molecule is O=C(OCC(=O)N1CC=C(c2ccccc2)CC1)c1ccc[nH]1. The molecule has 118 valence electrons. The summed E-state index contributed by atoms with van der Waals surface area (Å²) in [4.78, 5) is 28.3. The highest BCUT2D eigenvalue weighted by atomic mass is 16.5. The van der Waals surface area contributed by atoms with Crippen molar-refractivity contribution in [1.29, 1.82) is 0 Å². The molecule has 0 atom stereocenters. The van der Waals surface area contributed by atoms with Gasteiger partial charge in [0.05, 0.1) is 0 Å². The van der Waals surface area contributed by atoms with Gasteiger partial charge in [-0.1, -0.05) is 36.4 Å². The average Bonchev–Trinajstić information content (AvgIpc) is 3.15. The first-order valence-electron chi connectivity index (χ1n) is 7.57. The van der Waals surface area contributed by atoms with E-state index in [1.807, 2.05) is 18.2 Å². The Morgan fingerprint density at radius 2 is 1.96 bits per heavy atom. The van der Waals surface area contributed by atoms with Crippen LogP contribution in [-0.4, -0.2) is 41.5 Å². The number of carbonyl (C=O) groups is 2. The van der Waals surface area contributed by atoms with Crippen molar-refractivity contribution in [2.75, 3.05) is 19.7 Å². The summed E-state index contributed by atoms with van der Waals surface area (Å²) in [5.41, 5.74) is 2.79. The van der Waals surface area contributed by atoms with Gasteiger partial charge in [-0.25, -0.2) is 4.79 Å². The van der Waals surface area contributed by atoms with Gasteiger partial charge < -0.3 is 14.6 Å². The molecule has 0 unspecified atom stereocenters. The highest BCUT2D eigenvalue weighted by Crippen LogP contribution is 2.21. The summed E-state index contributed by atoms with van der Waals surface area (Å²) in [5, 5.41) is 0. The Balaban J connectivity index is 1.52. The van der Waals surface area contributed by atoms with Gasteiger partial charge in [0.2, 0.25) is 0 Å². The molecule has 0 aliphatic carbocycles. The van der Waals surface area contributed by atoms with Crippen molar-refractivity contribution in [2.45, 2.75) is 6.42 Å². The van der Waals surface area contributed by atoms with Crippen molar-refractivity contribution in [2.24, 2.45) is 0 Å². The number of carbonyl (C=O) groups excluding carboxylic acids is 2. The first kappa shape index (κ1) is 15.1. The van der Waals surface area contributed by atoms with Crippen molar-refractivity contribution >= 4 is 17.4 Å². The number of nitrogens with zero attached hydrogens (tertiary/aromatic N) is 1. The van der Waals surface area contributed by atoms with Gasteiger partial charge in [0.1, 0.15) is 5.69 Å². The minimum Gasteiger partial charge on any atom is -0.451 e. The number of esters is 1. The third kappa shape index (κ3) is 3.69. The molecule has 1 amide bonds. The minimum atomic E-state index is -0.513.